The first-order chi connectivity index (χ1) is 7.90. The Morgan fingerprint density at radius 2 is 1.82 bits per heavy atom. The summed E-state index contributed by atoms with van der Waals surface area (Å²) in [6.07, 6.45) is 0.782. The minimum atomic E-state index is 0.0775. The van der Waals surface area contributed by atoms with E-state index in [0.717, 1.165) is 23.5 Å². The van der Waals surface area contributed by atoms with Crippen molar-refractivity contribution in [2.24, 2.45) is 11.1 Å². The van der Waals surface area contributed by atoms with Gasteiger partial charge in [0.2, 0.25) is 0 Å². The molecule has 0 spiro atoms. The summed E-state index contributed by atoms with van der Waals surface area (Å²) in [7, 11) is 3.30. The van der Waals surface area contributed by atoms with Crippen LogP contribution < -0.4 is 15.2 Å². The fourth-order valence-electron chi connectivity index (χ4n) is 1.66. The molecule has 1 aromatic rings. The van der Waals surface area contributed by atoms with Gasteiger partial charge >= 0.3 is 0 Å². The maximum Gasteiger partial charge on any atom is 0.163 e. The molecular formula is C14H23NO2. The Bertz CT molecular complexity index is 369. The second kappa shape index (κ2) is 5.41. The van der Waals surface area contributed by atoms with Gasteiger partial charge in [-0.15, -0.1) is 0 Å². The molecule has 1 unspecified atom stereocenters. The molecule has 0 radical (unpaired) electrons. The van der Waals surface area contributed by atoms with E-state index >= 15 is 0 Å². The van der Waals surface area contributed by atoms with E-state index in [-0.39, 0.29) is 11.5 Å². The first-order valence-corrected chi connectivity index (χ1v) is 5.85. The van der Waals surface area contributed by atoms with Crippen LogP contribution >= 0.6 is 0 Å². The molecule has 0 amide bonds. The Labute approximate surface area is 104 Å². The Hall–Kier alpha value is -1.22. The smallest absolute Gasteiger partial charge is 0.163 e. The zero-order valence-corrected chi connectivity index (χ0v) is 11.4. The highest BCUT2D eigenvalue weighted by Gasteiger charge is 2.22. The van der Waals surface area contributed by atoms with Crippen molar-refractivity contribution in [3.05, 3.63) is 23.8 Å². The third-order valence-corrected chi connectivity index (χ3v) is 3.04. The third kappa shape index (κ3) is 3.37. The number of hydrogen-bond acceptors (Lipinski definition) is 3. The monoisotopic (exact) mass is 237 g/mol. The van der Waals surface area contributed by atoms with Gasteiger partial charge in [-0.25, -0.2) is 0 Å². The molecule has 0 aliphatic carbocycles. The van der Waals surface area contributed by atoms with Crippen molar-refractivity contribution in [2.45, 2.75) is 33.2 Å². The molecule has 0 aliphatic rings. The topological polar surface area (TPSA) is 44.5 Å². The molecule has 0 aliphatic heterocycles. The largest absolute Gasteiger partial charge is 0.493 e. The second-order valence-corrected chi connectivity index (χ2v) is 5.33. The van der Waals surface area contributed by atoms with Crippen molar-refractivity contribution in [1.29, 1.82) is 0 Å². The van der Waals surface area contributed by atoms with E-state index in [4.69, 9.17) is 15.2 Å². The maximum atomic E-state index is 6.20. The summed E-state index contributed by atoms with van der Waals surface area (Å²) < 4.78 is 10.7. The summed E-state index contributed by atoms with van der Waals surface area (Å²) in [5.74, 6) is 1.54. The van der Waals surface area contributed by atoms with Crippen LogP contribution in [0.3, 0.4) is 0 Å². The molecule has 2 N–H and O–H groups in total. The van der Waals surface area contributed by atoms with E-state index in [2.05, 4.69) is 20.8 Å². The molecule has 0 bridgehead atoms. The SMILES string of the molecule is COc1cccc(CC(N)C(C)(C)C)c1OC. The van der Waals surface area contributed by atoms with E-state index in [0.29, 0.717) is 0 Å². The summed E-state index contributed by atoms with van der Waals surface area (Å²) in [6, 6.07) is 5.98. The van der Waals surface area contributed by atoms with E-state index < -0.39 is 0 Å². The minimum absolute atomic E-state index is 0.0775. The van der Waals surface area contributed by atoms with Crippen LogP contribution in [0.1, 0.15) is 26.3 Å². The normalized spacial score (nSPS) is 13.3. The lowest BCUT2D eigenvalue weighted by molar-refractivity contribution is 0.311. The van der Waals surface area contributed by atoms with Crippen molar-refractivity contribution >= 4 is 0 Å². The van der Waals surface area contributed by atoms with Gasteiger partial charge in [0.25, 0.3) is 0 Å². The second-order valence-electron chi connectivity index (χ2n) is 5.33. The van der Waals surface area contributed by atoms with E-state index in [1.807, 2.05) is 18.2 Å². The molecular weight excluding hydrogens is 214 g/mol. The standard InChI is InChI=1S/C14H23NO2/c1-14(2,3)12(15)9-10-7-6-8-11(16-4)13(10)17-5/h6-8,12H,9,15H2,1-5H3. The first-order valence-electron chi connectivity index (χ1n) is 5.85. The Morgan fingerprint density at radius 3 is 2.29 bits per heavy atom. The molecule has 0 heterocycles. The van der Waals surface area contributed by atoms with Crippen LogP contribution in [-0.4, -0.2) is 20.3 Å². The number of methoxy groups -OCH3 is 2. The Kier molecular flexibility index (Phi) is 4.40. The summed E-state index contributed by atoms with van der Waals surface area (Å²) in [5, 5.41) is 0. The lowest BCUT2D eigenvalue weighted by Gasteiger charge is -2.27. The highest BCUT2D eigenvalue weighted by Crippen LogP contribution is 2.33. The summed E-state index contributed by atoms with van der Waals surface area (Å²) in [5.41, 5.74) is 7.37. The number of nitrogens with two attached hydrogens (primary N) is 1. The van der Waals surface area contributed by atoms with Gasteiger partial charge in [0, 0.05) is 6.04 Å². The molecule has 1 atom stereocenters. The van der Waals surface area contributed by atoms with Crippen molar-refractivity contribution in [1.82, 2.24) is 0 Å². The Balaban J connectivity index is 2.98. The van der Waals surface area contributed by atoms with Crippen molar-refractivity contribution in [2.75, 3.05) is 14.2 Å². The molecule has 3 heteroatoms. The van der Waals surface area contributed by atoms with Crippen LogP contribution in [0, 0.1) is 5.41 Å². The summed E-state index contributed by atoms with van der Waals surface area (Å²) in [4.78, 5) is 0. The highest BCUT2D eigenvalue weighted by molar-refractivity contribution is 5.47. The molecule has 1 rings (SSSR count). The first kappa shape index (κ1) is 13.8. The van der Waals surface area contributed by atoms with Gasteiger partial charge in [-0.1, -0.05) is 32.9 Å². The Morgan fingerprint density at radius 1 is 1.18 bits per heavy atom. The van der Waals surface area contributed by atoms with Crippen LogP contribution in [0.5, 0.6) is 11.5 Å². The van der Waals surface area contributed by atoms with Gasteiger partial charge in [-0.3, -0.25) is 0 Å². The van der Waals surface area contributed by atoms with E-state index in [9.17, 15) is 0 Å². The number of ether oxygens (including phenoxy) is 2. The van der Waals surface area contributed by atoms with Crippen molar-refractivity contribution < 1.29 is 9.47 Å². The number of para-hydroxylation sites is 1. The lowest BCUT2D eigenvalue weighted by atomic mass is 9.83. The van der Waals surface area contributed by atoms with Gasteiger partial charge in [-0.05, 0) is 23.5 Å². The van der Waals surface area contributed by atoms with Crippen LogP contribution in [-0.2, 0) is 6.42 Å². The molecule has 0 saturated heterocycles. The molecule has 0 saturated carbocycles. The zero-order valence-electron chi connectivity index (χ0n) is 11.4. The van der Waals surface area contributed by atoms with Gasteiger partial charge in [-0.2, -0.15) is 0 Å². The van der Waals surface area contributed by atoms with Gasteiger partial charge in [0.15, 0.2) is 11.5 Å². The maximum absolute atomic E-state index is 6.20. The average molecular weight is 237 g/mol. The fraction of sp³-hybridized carbons (Fsp3) is 0.571. The molecule has 1 aromatic carbocycles. The van der Waals surface area contributed by atoms with Crippen molar-refractivity contribution in [3.8, 4) is 11.5 Å². The molecule has 17 heavy (non-hydrogen) atoms. The quantitative estimate of drug-likeness (QED) is 0.875. The number of hydrogen-bond donors (Lipinski definition) is 1. The van der Waals surface area contributed by atoms with Crippen LogP contribution in [0.25, 0.3) is 0 Å². The van der Waals surface area contributed by atoms with E-state index in [1.54, 1.807) is 14.2 Å². The van der Waals surface area contributed by atoms with Gasteiger partial charge in [0.1, 0.15) is 0 Å². The third-order valence-electron chi connectivity index (χ3n) is 3.04. The van der Waals surface area contributed by atoms with Crippen LogP contribution in [0.15, 0.2) is 18.2 Å². The molecule has 3 nitrogen and oxygen atoms in total. The number of rotatable bonds is 4. The molecule has 0 aromatic heterocycles. The predicted octanol–water partition coefficient (Wildman–Crippen LogP) is 2.62. The average Bonchev–Trinajstić information content (AvgIpc) is 2.27. The fourth-order valence-corrected chi connectivity index (χ4v) is 1.66. The zero-order chi connectivity index (χ0) is 13.1. The van der Waals surface area contributed by atoms with Crippen LogP contribution in [0.2, 0.25) is 0 Å². The highest BCUT2D eigenvalue weighted by atomic mass is 16.5. The van der Waals surface area contributed by atoms with Gasteiger partial charge < -0.3 is 15.2 Å². The van der Waals surface area contributed by atoms with Gasteiger partial charge in [0.05, 0.1) is 14.2 Å². The lowest BCUT2D eigenvalue weighted by Crippen LogP contribution is -2.37. The summed E-state index contributed by atoms with van der Waals surface area (Å²) in [6.45, 7) is 6.43. The van der Waals surface area contributed by atoms with E-state index in [1.165, 1.54) is 0 Å². The molecule has 96 valence electrons. The predicted molar refractivity (Wildman–Crippen MR) is 70.7 cm³/mol. The number of benzene rings is 1. The van der Waals surface area contributed by atoms with Crippen LogP contribution in [0.4, 0.5) is 0 Å². The minimum Gasteiger partial charge on any atom is -0.493 e. The summed E-state index contributed by atoms with van der Waals surface area (Å²) >= 11 is 0. The van der Waals surface area contributed by atoms with Crippen molar-refractivity contribution in [3.63, 3.8) is 0 Å². The molecule has 0 fully saturated rings.